The van der Waals surface area contributed by atoms with Gasteiger partial charge in [0.2, 0.25) is 0 Å². The summed E-state index contributed by atoms with van der Waals surface area (Å²) in [6.45, 7) is 7.18. The molecule has 0 aliphatic carbocycles. The second-order valence-corrected chi connectivity index (χ2v) is 5.33. The number of urea groups is 1. The van der Waals surface area contributed by atoms with Crippen molar-refractivity contribution in [1.82, 2.24) is 15.6 Å². The molecule has 1 aromatic heterocycles. The average molecular weight is 283 g/mol. The number of aliphatic carboxylic acids is 1. The number of carboxylic acids is 1. The first-order chi connectivity index (χ1) is 8.93. The Morgan fingerprint density at radius 1 is 1.58 bits per heavy atom. The predicted molar refractivity (Wildman–Crippen MR) is 73.2 cm³/mol. The molecule has 0 fully saturated rings. The molecule has 2 unspecified atom stereocenters. The number of nitrogens with zero attached hydrogens (tertiary/aromatic N) is 1. The van der Waals surface area contributed by atoms with Gasteiger partial charge in [-0.2, -0.15) is 0 Å². The van der Waals surface area contributed by atoms with Crippen LogP contribution in [0.25, 0.3) is 0 Å². The Kier molecular flexibility index (Phi) is 5.50. The van der Waals surface area contributed by atoms with Crippen molar-refractivity contribution in [2.24, 2.45) is 0 Å². The van der Waals surface area contributed by atoms with Gasteiger partial charge in [-0.1, -0.05) is 6.08 Å². The summed E-state index contributed by atoms with van der Waals surface area (Å²) in [4.78, 5) is 27.8. The molecule has 0 radical (unpaired) electrons. The molecule has 3 N–H and O–H groups in total. The maximum absolute atomic E-state index is 11.7. The molecule has 1 heterocycles. The van der Waals surface area contributed by atoms with Gasteiger partial charge in [0.15, 0.2) is 0 Å². The number of aromatic nitrogens is 1. The second kappa shape index (κ2) is 6.89. The summed E-state index contributed by atoms with van der Waals surface area (Å²) in [5.74, 6) is -1.09. The van der Waals surface area contributed by atoms with E-state index in [9.17, 15) is 9.59 Å². The topological polar surface area (TPSA) is 91.3 Å². The molecule has 2 amide bonds. The first-order valence-electron chi connectivity index (χ1n) is 5.77. The molecule has 0 bridgehead atoms. The Labute approximate surface area is 115 Å². The number of rotatable bonds is 6. The van der Waals surface area contributed by atoms with Crippen LogP contribution in [0, 0.1) is 6.92 Å². The lowest BCUT2D eigenvalue weighted by Gasteiger charge is -2.16. The van der Waals surface area contributed by atoms with E-state index >= 15 is 0 Å². The minimum Gasteiger partial charge on any atom is -0.480 e. The van der Waals surface area contributed by atoms with Gasteiger partial charge in [-0.15, -0.1) is 17.9 Å². The molecule has 1 aromatic rings. The molecule has 2 atom stereocenters. The number of carbonyl (C=O) groups excluding carboxylic acids is 1. The van der Waals surface area contributed by atoms with Gasteiger partial charge in [0.1, 0.15) is 11.0 Å². The lowest BCUT2D eigenvalue weighted by atomic mass is 10.2. The SMILES string of the molecule is C=CCC(NC(=O)NC(C)c1ncc(C)s1)C(=O)O. The van der Waals surface area contributed by atoms with Crippen molar-refractivity contribution in [3.05, 3.63) is 28.7 Å². The summed E-state index contributed by atoms with van der Waals surface area (Å²) in [7, 11) is 0. The molecule has 7 heteroatoms. The van der Waals surface area contributed by atoms with Gasteiger partial charge in [0.05, 0.1) is 6.04 Å². The molecule has 0 aromatic carbocycles. The Morgan fingerprint density at radius 3 is 2.74 bits per heavy atom. The van der Waals surface area contributed by atoms with Crippen LogP contribution >= 0.6 is 11.3 Å². The Hall–Kier alpha value is -1.89. The van der Waals surface area contributed by atoms with E-state index in [1.165, 1.54) is 17.4 Å². The normalized spacial score (nSPS) is 13.4. The summed E-state index contributed by atoms with van der Waals surface area (Å²) in [5, 5.41) is 14.7. The number of carboxylic acid groups (broad SMARTS) is 1. The highest BCUT2D eigenvalue weighted by Gasteiger charge is 2.20. The fourth-order valence-electron chi connectivity index (χ4n) is 1.42. The second-order valence-electron chi connectivity index (χ2n) is 4.06. The molecule has 1 rings (SSSR count). The van der Waals surface area contributed by atoms with Gasteiger partial charge in [-0.25, -0.2) is 14.6 Å². The number of hydrogen-bond donors (Lipinski definition) is 3. The predicted octanol–water partition coefficient (Wildman–Crippen LogP) is 1.84. The van der Waals surface area contributed by atoms with Crippen LogP contribution in [-0.2, 0) is 4.79 Å². The lowest BCUT2D eigenvalue weighted by Crippen LogP contribution is -2.46. The number of thiazole rings is 1. The summed E-state index contributed by atoms with van der Waals surface area (Å²) in [6.07, 6.45) is 3.36. The summed E-state index contributed by atoms with van der Waals surface area (Å²) in [6, 6.07) is -1.77. The van der Waals surface area contributed by atoms with E-state index < -0.39 is 18.0 Å². The smallest absolute Gasteiger partial charge is 0.326 e. The molecule has 0 saturated carbocycles. The minimum atomic E-state index is -1.09. The van der Waals surface area contributed by atoms with Crippen LogP contribution in [0.15, 0.2) is 18.9 Å². The first-order valence-corrected chi connectivity index (χ1v) is 6.58. The van der Waals surface area contributed by atoms with Crippen molar-refractivity contribution >= 4 is 23.3 Å². The van der Waals surface area contributed by atoms with E-state index in [0.29, 0.717) is 0 Å². The molecule has 0 aliphatic heterocycles. The van der Waals surface area contributed by atoms with Crippen molar-refractivity contribution in [2.75, 3.05) is 0 Å². The average Bonchev–Trinajstić information content (AvgIpc) is 2.75. The van der Waals surface area contributed by atoms with Crippen LogP contribution in [0.2, 0.25) is 0 Å². The lowest BCUT2D eigenvalue weighted by molar-refractivity contribution is -0.139. The molecular weight excluding hydrogens is 266 g/mol. The van der Waals surface area contributed by atoms with E-state index in [1.54, 1.807) is 13.1 Å². The van der Waals surface area contributed by atoms with Crippen LogP contribution in [0.1, 0.15) is 29.3 Å². The number of nitrogens with one attached hydrogen (secondary N) is 2. The third-order valence-electron chi connectivity index (χ3n) is 2.36. The van der Waals surface area contributed by atoms with Crippen molar-refractivity contribution in [1.29, 1.82) is 0 Å². The highest BCUT2D eigenvalue weighted by atomic mass is 32.1. The fraction of sp³-hybridized carbons (Fsp3) is 0.417. The molecule has 104 valence electrons. The maximum atomic E-state index is 11.7. The Balaban J connectivity index is 2.54. The molecular formula is C12H17N3O3S. The third-order valence-corrected chi connectivity index (χ3v) is 3.46. The van der Waals surface area contributed by atoms with Gasteiger partial charge in [-0.3, -0.25) is 0 Å². The van der Waals surface area contributed by atoms with Crippen LogP contribution in [-0.4, -0.2) is 28.1 Å². The Bertz CT molecular complexity index is 473. The molecule has 6 nitrogen and oxygen atoms in total. The van der Waals surface area contributed by atoms with E-state index in [-0.39, 0.29) is 12.5 Å². The monoisotopic (exact) mass is 283 g/mol. The summed E-state index contributed by atoms with van der Waals surface area (Å²) in [5.41, 5.74) is 0. The number of aryl methyl sites for hydroxylation is 1. The van der Waals surface area contributed by atoms with Crippen molar-refractivity contribution < 1.29 is 14.7 Å². The third kappa shape index (κ3) is 4.70. The van der Waals surface area contributed by atoms with Gasteiger partial charge >= 0.3 is 12.0 Å². The van der Waals surface area contributed by atoms with Crippen LogP contribution < -0.4 is 10.6 Å². The zero-order valence-corrected chi connectivity index (χ0v) is 11.7. The maximum Gasteiger partial charge on any atom is 0.326 e. The number of hydrogen-bond acceptors (Lipinski definition) is 4. The van der Waals surface area contributed by atoms with Crippen molar-refractivity contribution in [3.63, 3.8) is 0 Å². The largest absolute Gasteiger partial charge is 0.480 e. The zero-order valence-electron chi connectivity index (χ0n) is 10.8. The zero-order chi connectivity index (χ0) is 14.4. The van der Waals surface area contributed by atoms with E-state index in [2.05, 4.69) is 22.2 Å². The van der Waals surface area contributed by atoms with Gasteiger partial charge in [0, 0.05) is 11.1 Å². The molecule has 19 heavy (non-hydrogen) atoms. The fourth-order valence-corrected chi connectivity index (χ4v) is 2.20. The van der Waals surface area contributed by atoms with Crippen LogP contribution in [0.5, 0.6) is 0 Å². The number of amides is 2. The Morgan fingerprint density at radius 2 is 2.26 bits per heavy atom. The van der Waals surface area contributed by atoms with Crippen molar-refractivity contribution in [2.45, 2.75) is 32.4 Å². The first kappa shape index (κ1) is 15.2. The number of carbonyl (C=O) groups is 2. The minimum absolute atomic E-state index is 0.174. The van der Waals surface area contributed by atoms with Crippen LogP contribution in [0.3, 0.4) is 0 Å². The summed E-state index contributed by atoms with van der Waals surface area (Å²) >= 11 is 1.49. The molecule has 0 aliphatic rings. The van der Waals surface area contributed by atoms with Crippen LogP contribution in [0.4, 0.5) is 4.79 Å². The highest BCUT2D eigenvalue weighted by Crippen LogP contribution is 2.18. The summed E-state index contributed by atoms with van der Waals surface area (Å²) < 4.78 is 0. The van der Waals surface area contributed by atoms with Gasteiger partial charge in [-0.05, 0) is 20.3 Å². The van der Waals surface area contributed by atoms with E-state index in [4.69, 9.17) is 5.11 Å². The molecule has 0 saturated heterocycles. The standard InChI is InChI=1S/C12H17N3O3S/c1-4-5-9(11(16)17)15-12(18)14-8(3)10-13-6-7(2)19-10/h4,6,8-9H,1,5H2,2-3H3,(H,16,17)(H2,14,15,18). The van der Waals surface area contributed by atoms with E-state index in [0.717, 1.165) is 9.88 Å². The van der Waals surface area contributed by atoms with Gasteiger partial charge in [0.25, 0.3) is 0 Å². The van der Waals surface area contributed by atoms with Crippen molar-refractivity contribution in [3.8, 4) is 0 Å². The highest BCUT2D eigenvalue weighted by molar-refractivity contribution is 7.11. The van der Waals surface area contributed by atoms with E-state index in [1.807, 2.05) is 6.92 Å². The molecule has 0 spiro atoms. The van der Waals surface area contributed by atoms with Gasteiger partial charge < -0.3 is 15.7 Å². The quantitative estimate of drug-likeness (QED) is 0.695.